The Balaban J connectivity index is 0.000000160. The third-order valence-corrected chi connectivity index (χ3v) is 2.99. The standard InChI is InChI=1S/C8H14.C8H12/c2*1-2-4-6-8-7-5-3-1/h1-2H,3-8H2;1-2,7-8H,3-6H2/b;2-1-,8-7?. The SMILES string of the molecule is C1=CCC/C=C\CC1.C1=CCCCCCC1. The smallest absolute Gasteiger partial charge is 0.0316 e. The van der Waals surface area contributed by atoms with E-state index in [-0.39, 0.29) is 0 Å². The zero-order chi connectivity index (χ0) is 11.3. The van der Waals surface area contributed by atoms with Gasteiger partial charge in [-0.15, -0.1) is 0 Å². The minimum atomic E-state index is 1.23. The van der Waals surface area contributed by atoms with Crippen LogP contribution in [0.2, 0.25) is 0 Å². The van der Waals surface area contributed by atoms with Crippen LogP contribution in [0.25, 0.3) is 0 Å². The highest BCUT2D eigenvalue weighted by Gasteiger charge is 1.90. The maximum absolute atomic E-state index is 2.32. The fraction of sp³-hybridized carbons (Fsp3) is 0.625. The molecule has 90 valence electrons. The van der Waals surface area contributed by atoms with Crippen molar-refractivity contribution in [3.8, 4) is 0 Å². The predicted molar refractivity (Wildman–Crippen MR) is 73.6 cm³/mol. The van der Waals surface area contributed by atoms with Gasteiger partial charge in [-0.25, -0.2) is 0 Å². The fourth-order valence-electron chi connectivity index (χ4n) is 1.97. The molecule has 2 rings (SSSR count). The van der Waals surface area contributed by atoms with Crippen LogP contribution in [0, 0.1) is 0 Å². The first-order chi connectivity index (χ1) is 8.00. The Morgan fingerprint density at radius 2 is 0.625 bits per heavy atom. The third-order valence-electron chi connectivity index (χ3n) is 2.99. The molecule has 0 atom stereocenters. The number of hydrogen-bond donors (Lipinski definition) is 0. The summed E-state index contributed by atoms with van der Waals surface area (Å²) in [5, 5.41) is 0. The molecular weight excluding hydrogens is 192 g/mol. The Labute approximate surface area is 101 Å². The molecule has 0 bridgehead atoms. The van der Waals surface area contributed by atoms with E-state index in [1.807, 2.05) is 0 Å². The zero-order valence-corrected chi connectivity index (χ0v) is 10.5. The summed E-state index contributed by atoms with van der Waals surface area (Å²) in [6.07, 6.45) is 27.0. The van der Waals surface area contributed by atoms with Crippen LogP contribution >= 0.6 is 0 Å². The van der Waals surface area contributed by atoms with Crippen molar-refractivity contribution in [3.63, 3.8) is 0 Å². The molecule has 0 aromatic carbocycles. The predicted octanol–water partition coefficient (Wildman–Crippen LogP) is 5.57. The molecule has 0 aromatic rings. The summed E-state index contributed by atoms with van der Waals surface area (Å²) < 4.78 is 0. The van der Waals surface area contributed by atoms with Crippen LogP contribution in [0.15, 0.2) is 36.5 Å². The molecular formula is C16H26. The summed E-state index contributed by atoms with van der Waals surface area (Å²) in [5.41, 5.74) is 0. The molecule has 0 radical (unpaired) electrons. The molecule has 16 heavy (non-hydrogen) atoms. The molecule has 0 saturated carbocycles. The summed E-state index contributed by atoms with van der Waals surface area (Å²) in [6.45, 7) is 0. The minimum Gasteiger partial charge on any atom is -0.0885 e. The van der Waals surface area contributed by atoms with E-state index in [9.17, 15) is 0 Å². The summed E-state index contributed by atoms with van der Waals surface area (Å²) in [4.78, 5) is 0. The third kappa shape index (κ3) is 8.52. The van der Waals surface area contributed by atoms with Crippen LogP contribution in [0.4, 0.5) is 0 Å². The number of rotatable bonds is 0. The van der Waals surface area contributed by atoms with Gasteiger partial charge < -0.3 is 0 Å². The minimum absolute atomic E-state index is 1.23. The first kappa shape index (κ1) is 13.3. The second-order valence-corrected chi connectivity index (χ2v) is 4.56. The van der Waals surface area contributed by atoms with E-state index in [1.54, 1.807) is 0 Å². The van der Waals surface area contributed by atoms with Crippen molar-refractivity contribution in [2.24, 2.45) is 0 Å². The average molecular weight is 218 g/mol. The van der Waals surface area contributed by atoms with E-state index >= 15 is 0 Å². The maximum Gasteiger partial charge on any atom is -0.0316 e. The fourth-order valence-corrected chi connectivity index (χ4v) is 1.97. The second-order valence-electron chi connectivity index (χ2n) is 4.56. The summed E-state index contributed by atoms with van der Waals surface area (Å²) >= 11 is 0. The molecule has 0 heterocycles. The molecule has 0 aliphatic heterocycles. The van der Waals surface area contributed by atoms with E-state index in [2.05, 4.69) is 36.5 Å². The zero-order valence-electron chi connectivity index (χ0n) is 10.5. The molecule has 0 unspecified atom stereocenters. The van der Waals surface area contributed by atoms with Gasteiger partial charge in [0.1, 0.15) is 0 Å². The van der Waals surface area contributed by atoms with E-state index in [0.29, 0.717) is 0 Å². The molecule has 2 aliphatic rings. The van der Waals surface area contributed by atoms with Crippen molar-refractivity contribution in [1.82, 2.24) is 0 Å². The molecule has 0 N–H and O–H groups in total. The monoisotopic (exact) mass is 218 g/mol. The molecule has 2 aliphatic carbocycles. The van der Waals surface area contributed by atoms with Crippen LogP contribution in [-0.4, -0.2) is 0 Å². The van der Waals surface area contributed by atoms with Crippen molar-refractivity contribution in [2.75, 3.05) is 0 Å². The Morgan fingerprint density at radius 3 is 1.00 bits per heavy atom. The maximum atomic E-state index is 2.32. The Hall–Kier alpha value is -0.780. The average Bonchev–Trinajstić information content (AvgIpc) is 2.15. The topological polar surface area (TPSA) is 0 Å². The molecule has 0 amide bonds. The number of allylic oxidation sites excluding steroid dienone is 6. The normalized spacial score (nSPS) is 23.0. The van der Waals surface area contributed by atoms with Crippen molar-refractivity contribution in [2.45, 2.75) is 64.2 Å². The lowest BCUT2D eigenvalue weighted by molar-refractivity contribution is 0.638. The van der Waals surface area contributed by atoms with Gasteiger partial charge in [-0.2, -0.15) is 0 Å². The molecule has 0 aromatic heterocycles. The van der Waals surface area contributed by atoms with Gasteiger partial charge in [0.05, 0.1) is 0 Å². The molecule has 0 fully saturated rings. The second kappa shape index (κ2) is 10.7. The summed E-state index contributed by atoms with van der Waals surface area (Å²) in [5.74, 6) is 0. The van der Waals surface area contributed by atoms with E-state index < -0.39 is 0 Å². The largest absolute Gasteiger partial charge is 0.0885 e. The molecule has 0 nitrogen and oxygen atoms in total. The highest BCUT2D eigenvalue weighted by molar-refractivity contribution is 4.93. The van der Waals surface area contributed by atoms with Crippen molar-refractivity contribution < 1.29 is 0 Å². The van der Waals surface area contributed by atoms with Gasteiger partial charge in [0.2, 0.25) is 0 Å². The van der Waals surface area contributed by atoms with Crippen molar-refractivity contribution in [3.05, 3.63) is 36.5 Å². The van der Waals surface area contributed by atoms with E-state index in [0.717, 1.165) is 0 Å². The van der Waals surface area contributed by atoms with Gasteiger partial charge in [-0.05, 0) is 51.4 Å². The van der Waals surface area contributed by atoms with E-state index in [4.69, 9.17) is 0 Å². The van der Waals surface area contributed by atoms with Crippen LogP contribution in [0.1, 0.15) is 64.2 Å². The van der Waals surface area contributed by atoms with Crippen LogP contribution in [0.5, 0.6) is 0 Å². The van der Waals surface area contributed by atoms with Gasteiger partial charge in [0, 0.05) is 0 Å². The summed E-state index contributed by atoms with van der Waals surface area (Å²) in [7, 11) is 0. The number of hydrogen-bond acceptors (Lipinski definition) is 0. The van der Waals surface area contributed by atoms with Crippen LogP contribution in [-0.2, 0) is 0 Å². The lowest BCUT2D eigenvalue weighted by Crippen LogP contribution is -1.80. The Morgan fingerprint density at radius 1 is 0.312 bits per heavy atom. The summed E-state index contributed by atoms with van der Waals surface area (Å²) in [6, 6.07) is 0. The molecule has 0 saturated heterocycles. The Kier molecular flexibility index (Phi) is 8.91. The molecule has 0 heteroatoms. The first-order valence-corrected chi connectivity index (χ1v) is 6.95. The van der Waals surface area contributed by atoms with Crippen LogP contribution < -0.4 is 0 Å². The van der Waals surface area contributed by atoms with Gasteiger partial charge in [-0.1, -0.05) is 49.3 Å². The van der Waals surface area contributed by atoms with Crippen molar-refractivity contribution in [1.29, 1.82) is 0 Å². The van der Waals surface area contributed by atoms with Gasteiger partial charge >= 0.3 is 0 Å². The Bertz CT molecular complexity index is 181. The van der Waals surface area contributed by atoms with Crippen molar-refractivity contribution >= 4 is 0 Å². The van der Waals surface area contributed by atoms with E-state index in [1.165, 1.54) is 64.2 Å². The lowest BCUT2D eigenvalue weighted by Gasteiger charge is -2.00. The molecule has 0 spiro atoms. The quantitative estimate of drug-likeness (QED) is 0.466. The lowest BCUT2D eigenvalue weighted by atomic mass is 10.1. The highest BCUT2D eigenvalue weighted by atomic mass is 14.0. The highest BCUT2D eigenvalue weighted by Crippen LogP contribution is 2.09. The van der Waals surface area contributed by atoms with Gasteiger partial charge in [-0.3, -0.25) is 0 Å². The first-order valence-electron chi connectivity index (χ1n) is 6.95. The van der Waals surface area contributed by atoms with Crippen LogP contribution in [0.3, 0.4) is 0 Å². The van der Waals surface area contributed by atoms with Gasteiger partial charge in [0.15, 0.2) is 0 Å². The van der Waals surface area contributed by atoms with Gasteiger partial charge in [0.25, 0.3) is 0 Å².